The van der Waals surface area contributed by atoms with Gasteiger partial charge in [0.1, 0.15) is 0 Å². The van der Waals surface area contributed by atoms with Crippen LogP contribution in [0.3, 0.4) is 0 Å². The minimum absolute atomic E-state index is 0.329. The Bertz CT molecular complexity index is 539. The van der Waals surface area contributed by atoms with Gasteiger partial charge in [-0.2, -0.15) is 8.78 Å². The highest BCUT2D eigenvalue weighted by atomic mass is 35.5. The molecule has 0 unspecified atom stereocenters. The molecule has 1 N–H and O–H groups in total. The number of amides is 1. The van der Waals surface area contributed by atoms with Gasteiger partial charge in [0.2, 0.25) is 0 Å². The van der Waals surface area contributed by atoms with Crippen molar-refractivity contribution in [3.63, 3.8) is 0 Å². The summed E-state index contributed by atoms with van der Waals surface area (Å²) in [6.45, 7) is 2.66. The third-order valence-corrected chi connectivity index (χ3v) is 4.45. The van der Waals surface area contributed by atoms with Crippen molar-refractivity contribution in [2.24, 2.45) is 0 Å². The second kappa shape index (κ2) is 5.21. The average Bonchev–Trinajstić information content (AvgIpc) is 3.15. The van der Waals surface area contributed by atoms with Gasteiger partial charge in [-0.3, -0.25) is 4.79 Å². The lowest BCUT2D eigenvalue weighted by molar-refractivity contribution is -0.148. The fourth-order valence-electron chi connectivity index (χ4n) is 2.55. The van der Waals surface area contributed by atoms with Crippen molar-refractivity contribution < 1.29 is 13.6 Å². The first-order valence-corrected chi connectivity index (χ1v) is 7.48. The van der Waals surface area contributed by atoms with E-state index in [0.29, 0.717) is 11.6 Å². The maximum atomic E-state index is 14.2. The Kier molecular flexibility index (Phi) is 3.66. The van der Waals surface area contributed by atoms with Crippen LogP contribution in [0.1, 0.15) is 24.8 Å². The summed E-state index contributed by atoms with van der Waals surface area (Å²) in [7, 11) is 0. The highest BCUT2D eigenvalue weighted by Gasteiger charge is 2.51. The van der Waals surface area contributed by atoms with Gasteiger partial charge in [0.25, 0.3) is 5.91 Å². The first-order chi connectivity index (χ1) is 9.91. The minimum Gasteiger partial charge on any atom is -0.344 e. The van der Waals surface area contributed by atoms with Gasteiger partial charge in [-0.25, -0.2) is 0 Å². The monoisotopic (exact) mass is 314 g/mol. The second-order valence-corrected chi connectivity index (χ2v) is 6.38. The molecule has 2 aliphatic rings. The summed E-state index contributed by atoms with van der Waals surface area (Å²) >= 11 is 5.69. The quantitative estimate of drug-likeness (QED) is 0.906. The van der Waals surface area contributed by atoms with Crippen LogP contribution in [-0.2, 0) is 10.7 Å². The molecule has 6 heteroatoms. The van der Waals surface area contributed by atoms with Gasteiger partial charge in [-0.15, -0.1) is 0 Å². The van der Waals surface area contributed by atoms with Crippen molar-refractivity contribution >= 4 is 17.5 Å². The Labute approximate surface area is 127 Å². The molecule has 21 heavy (non-hydrogen) atoms. The van der Waals surface area contributed by atoms with Gasteiger partial charge in [0.05, 0.1) is 5.54 Å². The number of nitrogens with one attached hydrogen (secondary N) is 1. The van der Waals surface area contributed by atoms with E-state index in [1.807, 2.05) is 0 Å². The van der Waals surface area contributed by atoms with E-state index in [0.717, 1.165) is 32.4 Å². The van der Waals surface area contributed by atoms with E-state index in [2.05, 4.69) is 10.2 Å². The number of alkyl halides is 2. The Morgan fingerprint density at radius 2 is 1.90 bits per heavy atom. The zero-order valence-electron chi connectivity index (χ0n) is 11.5. The maximum absolute atomic E-state index is 14.2. The standard InChI is InChI=1S/C15H17ClF2N2O/c16-12-4-2-11(3-5-12)15(17,18)13(21)19-14(6-7-14)10-20-8-1-9-20/h2-5H,1,6-10H2,(H,19,21). The smallest absolute Gasteiger partial charge is 0.344 e. The number of benzene rings is 1. The van der Waals surface area contributed by atoms with E-state index in [-0.39, 0.29) is 5.56 Å². The Hall–Kier alpha value is -1.20. The summed E-state index contributed by atoms with van der Waals surface area (Å²) in [5.74, 6) is -4.75. The van der Waals surface area contributed by atoms with Crippen molar-refractivity contribution in [3.8, 4) is 0 Å². The lowest BCUT2D eigenvalue weighted by atomic mass is 10.1. The summed E-state index contributed by atoms with van der Waals surface area (Å²) in [5, 5.41) is 2.92. The number of nitrogens with zero attached hydrogens (tertiary/aromatic N) is 1. The molecule has 1 saturated heterocycles. The predicted octanol–water partition coefficient (Wildman–Crippen LogP) is 2.79. The molecule has 1 aliphatic heterocycles. The summed E-state index contributed by atoms with van der Waals surface area (Å²) in [5.41, 5.74) is -0.781. The molecule has 1 amide bonds. The molecule has 0 radical (unpaired) electrons. The number of carbonyl (C=O) groups is 1. The van der Waals surface area contributed by atoms with Crippen molar-refractivity contribution in [2.45, 2.75) is 30.7 Å². The number of hydrogen-bond acceptors (Lipinski definition) is 2. The van der Waals surface area contributed by atoms with E-state index in [9.17, 15) is 13.6 Å². The summed E-state index contributed by atoms with van der Waals surface area (Å²) in [6.07, 6.45) is 2.68. The topological polar surface area (TPSA) is 32.3 Å². The van der Waals surface area contributed by atoms with Crippen LogP contribution >= 0.6 is 11.6 Å². The lowest BCUT2D eigenvalue weighted by Crippen LogP contribution is -2.53. The van der Waals surface area contributed by atoms with Crippen LogP contribution in [-0.4, -0.2) is 36.0 Å². The molecule has 3 nitrogen and oxygen atoms in total. The van der Waals surface area contributed by atoms with Gasteiger partial charge in [-0.1, -0.05) is 23.7 Å². The Morgan fingerprint density at radius 3 is 2.38 bits per heavy atom. The minimum atomic E-state index is -3.53. The highest BCUT2D eigenvalue weighted by molar-refractivity contribution is 6.30. The van der Waals surface area contributed by atoms with E-state index in [1.165, 1.54) is 24.3 Å². The molecule has 1 heterocycles. The maximum Gasteiger partial charge on any atom is 0.349 e. The molecule has 2 fully saturated rings. The van der Waals surface area contributed by atoms with Crippen LogP contribution in [0.15, 0.2) is 24.3 Å². The van der Waals surface area contributed by atoms with E-state index in [4.69, 9.17) is 11.6 Å². The number of rotatable bonds is 5. The first kappa shape index (κ1) is 14.7. The van der Waals surface area contributed by atoms with Crippen LogP contribution in [0.5, 0.6) is 0 Å². The molecular formula is C15H17ClF2N2O. The van der Waals surface area contributed by atoms with Crippen LogP contribution < -0.4 is 5.32 Å². The second-order valence-electron chi connectivity index (χ2n) is 5.95. The van der Waals surface area contributed by atoms with Crippen molar-refractivity contribution in [3.05, 3.63) is 34.9 Å². The molecule has 0 spiro atoms. The number of likely N-dealkylation sites (tertiary alicyclic amines) is 1. The number of carbonyl (C=O) groups excluding carboxylic acids is 1. The third-order valence-electron chi connectivity index (χ3n) is 4.20. The van der Waals surface area contributed by atoms with E-state index >= 15 is 0 Å². The molecule has 1 aromatic rings. The highest BCUT2D eigenvalue weighted by Crippen LogP contribution is 2.39. The predicted molar refractivity (Wildman–Crippen MR) is 76.5 cm³/mol. The zero-order chi connectivity index (χ0) is 15.1. The Morgan fingerprint density at radius 1 is 1.29 bits per heavy atom. The van der Waals surface area contributed by atoms with E-state index < -0.39 is 17.4 Å². The van der Waals surface area contributed by atoms with Gasteiger partial charge in [-0.05, 0) is 44.5 Å². The molecule has 3 rings (SSSR count). The van der Waals surface area contributed by atoms with Gasteiger partial charge in [0.15, 0.2) is 0 Å². The normalized spacial score (nSPS) is 20.7. The number of hydrogen-bond donors (Lipinski definition) is 1. The van der Waals surface area contributed by atoms with Crippen molar-refractivity contribution in [1.29, 1.82) is 0 Å². The summed E-state index contributed by atoms with van der Waals surface area (Å²) < 4.78 is 28.4. The van der Waals surface area contributed by atoms with Crippen LogP contribution in [0, 0.1) is 0 Å². The molecule has 1 aromatic carbocycles. The third kappa shape index (κ3) is 3.04. The largest absolute Gasteiger partial charge is 0.349 e. The zero-order valence-corrected chi connectivity index (χ0v) is 12.3. The van der Waals surface area contributed by atoms with Gasteiger partial charge in [0, 0.05) is 17.1 Å². The van der Waals surface area contributed by atoms with Crippen LogP contribution in [0.2, 0.25) is 5.02 Å². The summed E-state index contributed by atoms with van der Waals surface area (Å²) in [6, 6.07) is 5.11. The lowest BCUT2D eigenvalue weighted by Gasteiger charge is -2.35. The van der Waals surface area contributed by atoms with Crippen LogP contribution in [0.4, 0.5) is 8.78 Å². The molecule has 0 atom stereocenters. The molecule has 114 valence electrons. The van der Waals surface area contributed by atoms with E-state index in [1.54, 1.807) is 0 Å². The molecule has 0 bridgehead atoms. The summed E-state index contributed by atoms with van der Waals surface area (Å²) in [4.78, 5) is 14.2. The van der Waals surface area contributed by atoms with Crippen LogP contribution in [0.25, 0.3) is 0 Å². The van der Waals surface area contributed by atoms with Crippen molar-refractivity contribution in [2.75, 3.05) is 19.6 Å². The number of halogens is 3. The fraction of sp³-hybridized carbons (Fsp3) is 0.533. The van der Waals surface area contributed by atoms with Gasteiger partial charge < -0.3 is 10.2 Å². The molecule has 1 aliphatic carbocycles. The fourth-order valence-corrected chi connectivity index (χ4v) is 2.68. The molecule has 1 saturated carbocycles. The SMILES string of the molecule is O=C(NC1(CN2CCC2)CC1)C(F)(F)c1ccc(Cl)cc1. The van der Waals surface area contributed by atoms with Crippen molar-refractivity contribution in [1.82, 2.24) is 10.2 Å². The Balaban J connectivity index is 1.67. The molecular weight excluding hydrogens is 298 g/mol. The molecule has 0 aromatic heterocycles. The average molecular weight is 315 g/mol. The first-order valence-electron chi connectivity index (χ1n) is 7.10. The van der Waals surface area contributed by atoms with Gasteiger partial charge >= 0.3 is 5.92 Å².